The Hall–Kier alpha value is -4.89. The highest BCUT2D eigenvalue weighted by Gasteiger charge is 2.46. The molecule has 5 aromatic rings. The largest absolute Gasteiger partial charge is 0.503 e. The number of Topliss-reactive ketones (excluding diaryl/α,β-unsaturated/α-hetero) is 1. The molecule has 0 radical (unpaired) electrons. The maximum atomic E-state index is 14.0. The maximum Gasteiger partial charge on any atom is 0.296 e. The number of aryl methyl sites for hydroxylation is 2. The van der Waals surface area contributed by atoms with Crippen molar-refractivity contribution in [3.63, 3.8) is 0 Å². The van der Waals surface area contributed by atoms with Crippen molar-refractivity contribution in [2.24, 2.45) is 0 Å². The molecule has 0 fully saturated rings. The number of anilines is 1. The standard InChI is InChI=1S/C32H26N2O6S/c1-5-13-39-21-11-9-19(10-12-21)27-25(28(35)23-16-20-7-6-8-22(38-4)30(20)40-23)29(36)31(37)34(27)32-33-26-18(3)14-17(2)15-24(26)41-32/h5-12,14-16,27,36H,1,13H2,2-4H3. The lowest BCUT2D eigenvalue weighted by atomic mass is 9.95. The molecule has 1 aliphatic rings. The van der Waals surface area contributed by atoms with Crippen LogP contribution in [0.15, 0.2) is 89.1 Å². The Morgan fingerprint density at radius 2 is 1.95 bits per heavy atom. The SMILES string of the molecule is C=CCOc1ccc(C2C(C(=O)c3cc4cccc(OC)c4o3)=C(O)C(=O)N2c2nc3c(C)cc(C)cc3s2)cc1. The Bertz CT molecular complexity index is 1880. The second kappa shape index (κ2) is 10.3. The average molecular weight is 567 g/mol. The number of benzene rings is 3. The van der Waals surface area contributed by atoms with Gasteiger partial charge < -0.3 is 19.0 Å². The summed E-state index contributed by atoms with van der Waals surface area (Å²) in [6.07, 6.45) is 1.64. The second-order valence-electron chi connectivity index (χ2n) is 9.75. The lowest BCUT2D eigenvalue weighted by molar-refractivity contribution is -0.117. The van der Waals surface area contributed by atoms with Gasteiger partial charge in [-0.25, -0.2) is 4.98 Å². The summed E-state index contributed by atoms with van der Waals surface area (Å²) in [7, 11) is 1.51. The van der Waals surface area contributed by atoms with Crippen molar-refractivity contribution >= 4 is 49.3 Å². The molecule has 8 nitrogen and oxygen atoms in total. The van der Waals surface area contributed by atoms with Crippen molar-refractivity contribution in [1.82, 2.24) is 4.98 Å². The topological polar surface area (TPSA) is 102 Å². The summed E-state index contributed by atoms with van der Waals surface area (Å²) >= 11 is 1.33. The number of hydrogen-bond acceptors (Lipinski definition) is 8. The molecule has 1 N–H and O–H groups in total. The minimum absolute atomic E-state index is 0.0209. The molecule has 6 rings (SSSR count). The van der Waals surface area contributed by atoms with Gasteiger partial charge in [-0.2, -0.15) is 0 Å². The predicted molar refractivity (Wildman–Crippen MR) is 158 cm³/mol. The predicted octanol–water partition coefficient (Wildman–Crippen LogP) is 7.02. The molecular weight excluding hydrogens is 540 g/mol. The number of furan rings is 1. The number of carbonyl (C=O) groups is 2. The van der Waals surface area contributed by atoms with E-state index < -0.39 is 23.5 Å². The Morgan fingerprint density at radius 1 is 1.17 bits per heavy atom. The van der Waals surface area contributed by atoms with E-state index in [0.29, 0.717) is 39.8 Å². The Labute approximate surface area is 239 Å². The van der Waals surface area contributed by atoms with E-state index in [1.807, 2.05) is 26.0 Å². The van der Waals surface area contributed by atoms with Crippen molar-refractivity contribution in [3.8, 4) is 11.5 Å². The summed E-state index contributed by atoms with van der Waals surface area (Å²) in [5, 5.41) is 12.2. The van der Waals surface area contributed by atoms with Gasteiger partial charge in [0.2, 0.25) is 5.78 Å². The van der Waals surface area contributed by atoms with Crippen LogP contribution in [-0.4, -0.2) is 35.5 Å². The van der Waals surface area contributed by atoms with Gasteiger partial charge in [-0.05, 0) is 60.9 Å². The maximum absolute atomic E-state index is 14.0. The summed E-state index contributed by atoms with van der Waals surface area (Å²) < 4.78 is 17.8. The molecule has 0 aliphatic carbocycles. The summed E-state index contributed by atoms with van der Waals surface area (Å²) in [4.78, 5) is 33.9. The zero-order valence-corrected chi connectivity index (χ0v) is 23.5. The average Bonchev–Trinajstić information content (AvgIpc) is 3.66. The van der Waals surface area contributed by atoms with E-state index in [9.17, 15) is 14.7 Å². The number of methoxy groups -OCH3 is 1. The van der Waals surface area contributed by atoms with E-state index in [0.717, 1.165) is 21.3 Å². The third-order valence-electron chi connectivity index (χ3n) is 6.99. The van der Waals surface area contributed by atoms with Gasteiger partial charge in [0, 0.05) is 5.39 Å². The fourth-order valence-electron chi connectivity index (χ4n) is 5.16. The summed E-state index contributed by atoms with van der Waals surface area (Å²) in [6.45, 7) is 7.96. The third-order valence-corrected chi connectivity index (χ3v) is 7.99. The summed E-state index contributed by atoms with van der Waals surface area (Å²) in [6, 6.07) is 17.0. The lowest BCUT2D eigenvalue weighted by Crippen LogP contribution is -2.30. The highest BCUT2D eigenvalue weighted by molar-refractivity contribution is 7.22. The number of amides is 1. The molecule has 1 aliphatic heterocycles. The van der Waals surface area contributed by atoms with E-state index in [4.69, 9.17) is 18.9 Å². The number of aliphatic hydroxyl groups is 1. The van der Waals surface area contributed by atoms with Crippen LogP contribution in [-0.2, 0) is 4.79 Å². The van der Waals surface area contributed by atoms with Gasteiger partial charge in [-0.3, -0.25) is 14.5 Å². The van der Waals surface area contributed by atoms with Crippen LogP contribution in [0.2, 0.25) is 0 Å². The van der Waals surface area contributed by atoms with Gasteiger partial charge in [0.1, 0.15) is 12.4 Å². The molecule has 0 spiro atoms. The number of nitrogens with zero attached hydrogens (tertiary/aromatic N) is 2. The minimum atomic E-state index is -0.958. The molecule has 0 saturated heterocycles. The summed E-state index contributed by atoms with van der Waals surface area (Å²) in [5.41, 5.74) is 3.70. The summed E-state index contributed by atoms with van der Waals surface area (Å²) in [5.74, 6) is -0.926. The molecule has 0 saturated carbocycles. The number of fused-ring (bicyclic) bond motifs is 2. The molecule has 9 heteroatoms. The first-order chi connectivity index (χ1) is 19.8. The lowest BCUT2D eigenvalue weighted by Gasteiger charge is -2.24. The number of aliphatic hydroxyl groups excluding tert-OH is 1. The van der Waals surface area contributed by atoms with E-state index in [1.54, 1.807) is 54.6 Å². The molecule has 3 aromatic carbocycles. The van der Waals surface area contributed by atoms with Crippen molar-refractivity contribution in [1.29, 1.82) is 0 Å². The molecule has 0 bridgehead atoms. The number of ketones is 1. The van der Waals surface area contributed by atoms with Crippen LogP contribution in [0.5, 0.6) is 11.5 Å². The van der Waals surface area contributed by atoms with Gasteiger partial charge in [0.15, 0.2) is 28.0 Å². The van der Waals surface area contributed by atoms with Crippen molar-refractivity contribution in [2.75, 3.05) is 18.6 Å². The molecule has 41 heavy (non-hydrogen) atoms. The molecule has 1 unspecified atom stereocenters. The van der Waals surface area contributed by atoms with Gasteiger partial charge in [0.25, 0.3) is 5.91 Å². The first kappa shape index (κ1) is 26.3. The Balaban J connectivity index is 1.49. The first-order valence-electron chi connectivity index (χ1n) is 12.9. The molecule has 2 aromatic heterocycles. The minimum Gasteiger partial charge on any atom is -0.503 e. The molecule has 206 valence electrons. The Morgan fingerprint density at radius 3 is 2.68 bits per heavy atom. The van der Waals surface area contributed by atoms with Gasteiger partial charge in [-0.1, -0.05) is 54.3 Å². The number of para-hydroxylation sites is 1. The van der Waals surface area contributed by atoms with Crippen molar-refractivity contribution in [3.05, 3.63) is 107 Å². The van der Waals surface area contributed by atoms with Gasteiger partial charge >= 0.3 is 0 Å². The zero-order chi connectivity index (χ0) is 28.8. The second-order valence-corrected chi connectivity index (χ2v) is 10.8. The highest BCUT2D eigenvalue weighted by Crippen LogP contribution is 2.45. The van der Waals surface area contributed by atoms with Crippen LogP contribution in [0.1, 0.15) is 33.3 Å². The molecule has 3 heterocycles. The van der Waals surface area contributed by atoms with E-state index >= 15 is 0 Å². The normalized spacial score (nSPS) is 15.2. The fourth-order valence-corrected chi connectivity index (χ4v) is 6.32. The smallest absolute Gasteiger partial charge is 0.296 e. The van der Waals surface area contributed by atoms with E-state index in [1.165, 1.54) is 23.3 Å². The highest BCUT2D eigenvalue weighted by atomic mass is 32.1. The number of aromatic nitrogens is 1. The van der Waals surface area contributed by atoms with Crippen molar-refractivity contribution < 1.29 is 28.6 Å². The fraction of sp³-hybridized carbons (Fsp3) is 0.156. The van der Waals surface area contributed by atoms with E-state index in [-0.39, 0.29) is 11.3 Å². The quantitative estimate of drug-likeness (QED) is 0.159. The van der Waals surface area contributed by atoms with Crippen LogP contribution in [0.25, 0.3) is 21.2 Å². The number of ether oxygens (including phenoxy) is 2. The molecule has 1 atom stereocenters. The van der Waals surface area contributed by atoms with Crippen LogP contribution >= 0.6 is 11.3 Å². The molecule has 1 amide bonds. The third kappa shape index (κ3) is 4.44. The van der Waals surface area contributed by atoms with Crippen LogP contribution in [0, 0.1) is 13.8 Å². The Kier molecular flexibility index (Phi) is 6.59. The first-order valence-corrected chi connectivity index (χ1v) is 13.7. The van der Waals surface area contributed by atoms with Crippen LogP contribution < -0.4 is 14.4 Å². The van der Waals surface area contributed by atoms with Gasteiger partial charge in [0.05, 0.1) is 28.9 Å². The van der Waals surface area contributed by atoms with Gasteiger partial charge in [-0.15, -0.1) is 0 Å². The van der Waals surface area contributed by atoms with Crippen molar-refractivity contribution in [2.45, 2.75) is 19.9 Å². The monoisotopic (exact) mass is 566 g/mol. The number of hydrogen-bond donors (Lipinski definition) is 1. The van der Waals surface area contributed by atoms with Crippen LogP contribution in [0.3, 0.4) is 0 Å². The number of rotatable bonds is 8. The number of thiazole rings is 1. The molecular formula is C32H26N2O6S. The number of carbonyl (C=O) groups excluding carboxylic acids is 2. The van der Waals surface area contributed by atoms with E-state index in [2.05, 4.69) is 6.58 Å². The zero-order valence-electron chi connectivity index (χ0n) is 22.6. The van der Waals surface area contributed by atoms with Crippen LogP contribution in [0.4, 0.5) is 5.13 Å².